The molecule has 0 aliphatic rings. The zero-order valence-electron chi connectivity index (χ0n) is 12.3. The summed E-state index contributed by atoms with van der Waals surface area (Å²) in [6.07, 6.45) is 0.850. The van der Waals surface area contributed by atoms with Gasteiger partial charge in [-0.25, -0.2) is 0 Å². The minimum atomic E-state index is 0.625. The predicted molar refractivity (Wildman–Crippen MR) is 87.8 cm³/mol. The molecule has 0 fully saturated rings. The lowest BCUT2D eigenvalue weighted by Gasteiger charge is -2.12. The quantitative estimate of drug-likeness (QED) is 0.699. The molecule has 0 saturated carbocycles. The van der Waals surface area contributed by atoms with Gasteiger partial charge in [0.1, 0.15) is 17.2 Å². The lowest BCUT2D eigenvalue weighted by molar-refractivity contribution is 0.316. The van der Waals surface area contributed by atoms with E-state index < -0.39 is 0 Å². The second-order valence-electron chi connectivity index (χ2n) is 4.55. The number of hydrogen-bond donors (Lipinski definition) is 0. The molecular formula is C17H19BrO3. The molecular weight excluding hydrogens is 332 g/mol. The first-order valence-corrected chi connectivity index (χ1v) is 7.87. The molecule has 0 unspecified atom stereocenters. The fraction of sp³-hybridized carbons (Fsp3) is 0.294. The molecule has 2 aromatic carbocycles. The molecule has 3 nitrogen and oxygen atoms in total. The van der Waals surface area contributed by atoms with Gasteiger partial charge in [0.05, 0.1) is 20.8 Å². The maximum absolute atomic E-state index is 5.89. The molecule has 0 N–H and O–H groups in total. The van der Waals surface area contributed by atoms with E-state index in [1.807, 2.05) is 30.3 Å². The van der Waals surface area contributed by atoms with Crippen molar-refractivity contribution in [3.05, 3.63) is 53.6 Å². The van der Waals surface area contributed by atoms with Gasteiger partial charge in [-0.1, -0.05) is 34.1 Å². The second-order valence-corrected chi connectivity index (χ2v) is 5.11. The van der Waals surface area contributed by atoms with Crippen molar-refractivity contribution in [3.8, 4) is 17.2 Å². The van der Waals surface area contributed by atoms with Gasteiger partial charge in [0.25, 0.3) is 0 Å². The summed E-state index contributed by atoms with van der Waals surface area (Å²) in [6.45, 7) is 0.625. The van der Waals surface area contributed by atoms with E-state index in [0.717, 1.165) is 34.6 Å². The van der Waals surface area contributed by atoms with Crippen LogP contribution < -0.4 is 14.2 Å². The summed E-state index contributed by atoms with van der Waals surface area (Å²) < 4.78 is 16.3. The van der Waals surface area contributed by atoms with Crippen LogP contribution in [0.15, 0.2) is 42.5 Å². The van der Waals surface area contributed by atoms with Gasteiger partial charge >= 0.3 is 0 Å². The van der Waals surface area contributed by atoms with Gasteiger partial charge in [0.15, 0.2) is 0 Å². The zero-order valence-corrected chi connectivity index (χ0v) is 13.9. The SMILES string of the molecule is COc1ccc(CCOc2cc(OC)ccc2CBr)cc1. The highest BCUT2D eigenvalue weighted by atomic mass is 79.9. The molecule has 112 valence electrons. The number of halogens is 1. The van der Waals surface area contributed by atoms with Gasteiger partial charge in [-0.3, -0.25) is 0 Å². The van der Waals surface area contributed by atoms with Gasteiger partial charge in [0, 0.05) is 23.4 Å². The van der Waals surface area contributed by atoms with Crippen molar-refractivity contribution in [2.75, 3.05) is 20.8 Å². The Hall–Kier alpha value is -1.68. The van der Waals surface area contributed by atoms with Crippen LogP contribution >= 0.6 is 15.9 Å². The molecule has 2 aromatic rings. The van der Waals surface area contributed by atoms with Crippen LogP contribution in [-0.2, 0) is 11.8 Å². The fourth-order valence-electron chi connectivity index (χ4n) is 1.98. The van der Waals surface area contributed by atoms with Crippen molar-refractivity contribution in [2.45, 2.75) is 11.8 Å². The molecule has 0 amide bonds. The number of benzene rings is 2. The minimum Gasteiger partial charge on any atom is -0.497 e. The summed E-state index contributed by atoms with van der Waals surface area (Å²) in [4.78, 5) is 0. The summed E-state index contributed by atoms with van der Waals surface area (Å²) in [5, 5.41) is 0.759. The summed E-state index contributed by atoms with van der Waals surface area (Å²) in [5.41, 5.74) is 2.34. The Labute approximate surface area is 134 Å². The first-order chi connectivity index (χ1) is 10.3. The summed E-state index contributed by atoms with van der Waals surface area (Å²) >= 11 is 3.47. The summed E-state index contributed by atoms with van der Waals surface area (Å²) in [6, 6.07) is 13.9. The van der Waals surface area contributed by atoms with Gasteiger partial charge in [0.2, 0.25) is 0 Å². The monoisotopic (exact) mass is 350 g/mol. The van der Waals surface area contributed by atoms with E-state index in [1.165, 1.54) is 5.56 Å². The molecule has 21 heavy (non-hydrogen) atoms. The van der Waals surface area contributed by atoms with Crippen molar-refractivity contribution in [1.29, 1.82) is 0 Å². The van der Waals surface area contributed by atoms with Crippen LogP contribution in [0.5, 0.6) is 17.2 Å². The van der Waals surface area contributed by atoms with Crippen LogP contribution in [0, 0.1) is 0 Å². The maximum atomic E-state index is 5.89. The highest BCUT2D eigenvalue weighted by Gasteiger charge is 2.05. The van der Waals surface area contributed by atoms with Crippen molar-refractivity contribution >= 4 is 15.9 Å². The molecule has 0 atom stereocenters. The number of hydrogen-bond acceptors (Lipinski definition) is 3. The summed E-state index contributed by atoms with van der Waals surface area (Å²) in [7, 11) is 3.33. The van der Waals surface area contributed by atoms with E-state index in [-0.39, 0.29) is 0 Å². The van der Waals surface area contributed by atoms with Crippen LogP contribution in [0.1, 0.15) is 11.1 Å². The Morgan fingerprint density at radius 1 is 0.905 bits per heavy atom. The lowest BCUT2D eigenvalue weighted by Crippen LogP contribution is -2.03. The van der Waals surface area contributed by atoms with Crippen molar-refractivity contribution < 1.29 is 14.2 Å². The Bertz CT molecular complexity index is 567. The highest BCUT2D eigenvalue weighted by Crippen LogP contribution is 2.26. The van der Waals surface area contributed by atoms with Gasteiger partial charge in [-0.15, -0.1) is 0 Å². The standard InChI is InChI=1S/C17H19BrO3/c1-19-15-6-3-13(4-7-15)9-10-21-17-11-16(20-2)8-5-14(17)12-18/h3-8,11H,9-10,12H2,1-2H3. The molecule has 0 heterocycles. The van der Waals surface area contributed by atoms with E-state index >= 15 is 0 Å². The van der Waals surface area contributed by atoms with E-state index in [2.05, 4.69) is 28.1 Å². The first-order valence-electron chi connectivity index (χ1n) is 6.75. The van der Waals surface area contributed by atoms with Crippen molar-refractivity contribution in [3.63, 3.8) is 0 Å². The third kappa shape index (κ3) is 4.39. The lowest BCUT2D eigenvalue weighted by atomic mass is 10.1. The molecule has 0 radical (unpaired) electrons. The Morgan fingerprint density at radius 2 is 1.57 bits per heavy atom. The number of ether oxygens (including phenoxy) is 3. The van der Waals surface area contributed by atoms with Crippen molar-refractivity contribution in [1.82, 2.24) is 0 Å². The third-order valence-corrected chi connectivity index (χ3v) is 3.83. The Morgan fingerprint density at radius 3 is 2.19 bits per heavy atom. The average Bonchev–Trinajstić information content (AvgIpc) is 2.55. The van der Waals surface area contributed by atoms with Crippen LogP contribution in [-0.4, -0.2) is 20.8 Å². The van der Waals surface area contributed by atoms with E-state index in [9.17, 15) is 0 Å². The van der Waals surface area contributed by atoms with Gasteiger partial charge < -0.3 is 14.2 Å². The van der Waals surface area contributed by atoms with E-state index in [1.54, 1.807) is 14.2 Å². The molecule has 0 bridgehead atoms. The topological polar surface area (TPSA) is 27.7 Å². The average molecular weight is 351 g/mol. The van der Waals surface area contributed by atoms with E-state index in [0.29, 0.717) is 6.61 Å². The Balaban J connectivity index is 1.95. The van der Waals surface area contributed by atoms with Crippen LogP contribution in [0.3, 0.4) is 0 Å². The van der Waals surface area contributed by atoms with Crippen LogP contribution in [0.4, 0.5) is 0 Å². The largest absolute Gasteiger partial charge is 0.497 e. The molecule has 2 rings (SSSR count). The summed E-state index contributed by atoms with van der Waals surface area (Å²) in [5.74, 6) is 2.54. The predicted octanol–water partition coefficient (Wildman–Crippen LogP) is 4.22. The molecule has 0 saturated heterocycles. The molecule has 0 aliphatic heterocycles. The maximum Gasteiger partial charge on any atom is 0.127 e. The number of rotatable bonds is 7. The van der Waals surface area contributed by atoms with Crippen LogP contribution in [0.25, 0.3) is 0 Å². The second kappa shape index (κ2) is 7.93. The zero-order chi connectivity index (χ0) is 15.1. The minimum absolute atomic E-state index is 0.625. The highest BCUT2D eigenvalue weighted by molar-refractivity contribution is 9.08. The molecule has 0 aromatic heterocycles. The number of alkyl halides is 1. The third-order valence-electron chi connectivity index (χ3n) is 3.23. The number of methoxy groups -OCH3 is 2. The Kier molecular flexibility index (Phi) is 5.93. The fourth-order valence-corrected chi connectivity index (χ4v) is 2.44. The smallest absolute Gasteiger partial charge is 0.127 e. The van der Waals surface area contributed by atoms with Crippen LogP contribution in [0.2, 0.25) is 0 Å². The van der Waals surface area contributed by atoms with E-state index in [4.69, 9.17) is 14.2 Å². The molecule has 0 spiro atoms. The van der Waals surface area contributed by atoms with Gasteiger partial charge in [-0.05, 0) is 23.8 Å². The molecule has 0 aliphatic carbocycles. The van der Waals surface area contributed by atoms with Gasteiger partial charge in [-0.2, -0.15) is 0 Å². The van der Waals surface area contributed by atoms with Crippen molar-refractivity contribution in [2.24, 2.45) is 0 Å². The first kappa shape index (κ1) is 15.7. The normalized spacial score (nSPS) is 10.2. The molecule has 4 heteroatoms.